The number of carbonyl (C=O) groups excluding carboxylic acids is 1. The summed E-state index contributed by atoms with van der Waals surface area (Å²) in [5.41, 5.74) is 0.453. The van der Waals surface area contributed by atoms with Crippen LogP contribution in [0.15, 0.2) is 0 Å². The fraction of sp³-hybridized carbons (Fsp3) is 0.929. The van der Waals surface area contributed by atoms with E-state index in [1.54, 1.807) is 0 Å². The molecule has 3 heteroatoms. The van der Waals surface area contributed by atoms with Gasteiger partial charge in [0.1, 0.15) is 0 Å². The van der Waals surface area contributed by atoms with Crippen LogP contribution in [-0.4, -0.2) is 25.0 Å². The quantitative estimate of drug-likeness (QED) is 0.770. The zero-order chi connectivity index (χ0) is 12.3. The summed E-state index contributed by atoms with van der Waals surface area (Å²) in [7, 11) is 0. The Balaban J connectivity index is 1.75. The van der Waals surface area contributed by atoms with Crippen LogP contribution in [0.3, 0.4) is 0 Å². The SMILES string of the molecule is CCC1CCNC(C(=O)NCC2(CC)CC2)C1. The third-order valence-corrected chi connectivity index (χ3v) is 4.75. The molecular weight excluding hydrogens is 212 g/mol. The molecule has 2 atom stereocenters. The van der Waals surface area contributed by atoms with Gasteiger partial charge in [-0.05, 0) is 50.0 Å². The van der Waals surface area contributed by atoms with Gasteiger partial charge in [0.05, 0.1) is 6.04 Å². The van der Waals surface area contributed by atoms with Crippen LogP contribution in [0, 0.1) is 11.3 Å². The van der Waals surface area contributed by atoms with E-state index < -0.39 is 0 Å². The Hall–Kier alpha value is -0.570. The Morgan fingerprint density at radius 3 is 2.76 bits per heavy atom. The van der Waals surface area contributed by atoms with Crippen molar-refractivity contribution in [1.29, 1.82) is 0 Å². The van der Waals surface area contributed by atoms with Crippen LogP contribution < -0.4 is 10.6 Å². The van der Waals surface area contributed by atoms with Crippen LogP contribution >= 0.6 is 0 Å². The molecule has 2 aliphatic rings. The minimum absolute atomic E-state index is 0.0568. The Kier molecular flexibility index (Phi) is 4.08. The van der Waals surface area contributed by atoms with Gasteiger partial charge in [-0.2, -0.15) is 0 Å². The van der Waals surface area contributed by atoms with E-state index in [0.717, 1.165) is 25.4 Å². The molecule has 1 aliphatic heterocycles. The molecule has 1 saturated carbocycles. The van der Waals surface area contributed by atoms with Gasteiger partial charge >= 0.3 is 0 Å². The lowest BCUT2D eigenvalue weighted by molar-refractivity contribution is -0.124. The maximum atomic E-state index is 12.1. The summed E-state index contributed by atoms with van der Waals surface area (Å²) in [6, 6.07) is 0.0568. The second kappa shape index (κ2) is 5.38. The molecule has 0 bridgehead atoms. The molecule has 0 radical (unpaired) electrons. The van der Waals surface area contributed by atoms with Gasteiger partial charge in [0.2, 0.25) is 5.91 Å². The van der Waals surface area contributed by atoms with Crippen LogP contribution in [0.5, 0.6) is 0 Å². The predicted octanol–water partition coefficient (Wildman–Crippen LogP) is 2.07. The highest BCUT2D eigenvalue weighted by Crippen LogP contribution is 2.47. The summed E-state index contributed by atoms with van der Waals surface area (Å²) in [5.74, 6) is 0.955. The van der Waals surface area contributed by atoms with E-state index in [2.05, 4.69) is 24.5 Å². The molecule has 1 saturated heterocycles. The van der Waals surface area contributed by atoms with E-state index in [-0.39, 0.29) is 11.9 Å². The highest BCUT2D eigenvalue weighted by atomic mass is 16.2. The highest BCUT2D eigenvalue weighted by molar-refractivity contribution is 5.81. The maximum Gasteiger partial charge on any atom is 0.237 e. The Bertz CT molecular complexity index is 273. The summed E-state index contributed by atoms with van der Waals surface area (Å²) >= 11 is 0. The molecule has 0 aromatic rings. The van der Waals surface area contributed by atoms with Crippen LogP contribution in [0.25, 0.3) is 0 Å². The fourth-order valence-corrected chi connectivity index (χ4v) is 2.80. The zero-order valence-electron chi connectivity index (χ0n) is 11.2. The second-order valence-electron chi connectivity index (χ2n) is 5.88. The molecule has 98 valence electrons. The number of amides is 1. The van der Waals surface area contributed by atoms with E-state index in [9.17, 15) is 4.79 Å². The lowest BCUT2D eigenvalue weighted by Gasteiger charge is -2.29. The normalized spacial score (nSPS) is 30.9. The van der Waals surface area contributed by atoms with E-state index in [1.165, 1.54) is 32.1 Å². The van der Waals surface area contributed by atoms with Gasteiger partial charge in [0.15, 0.2) is 0 Å². The molecule has 17 heavy (non-hydrogen) atoms. The minimum atomic E-state index is 0.0568. The number of nitrogens with one attached hydrogen (secondary N) is 2. The van der Waals surface area contributed by atoms with Crippen LogP contribution in [0.4, 0.5) is 0 Å². The van der Waals surface area contributed by atoms with Gasteiger partial charge in [0, 0.05) is 6.54 Å². The highest BCUT2D eigenvalue weighted by Gasteiger charge is 2.41. The number of hydrogen-bond acceptors (Lipinski definition) is 2. The average molecular weight is 238 g/mol. The van der Waals surface area contributed by atoms with Crippen molar-refractivity contribution < 1.29 is 4.79 Å². The monoisotopic (exact) mass is 238 g/mol. The first-order chi connectivity index (χ1) is 8.19. The first-order valence-corrected chi connectivity index (χ1v) is 7.20. The van der Waals surface area contributed by atoms with Gasteiger partial charge in [-0.15, -0.1) is 0 Å². The standard InChI is InChI=1S/C14H26N2O/c1-3-11-5-8-15-12(9-11)13(17)16-10-14(4-2)6-7-14/h11-12,15H,3-10H2,1-2H3,(H,16,17). The van der Waals surface area contributed by atoms with Crippen molar-refractivity contribution in [3.63, 3.8) is 0 Å². The van der Waals surface area contributed by atoms with Gasteiger partial charge < -0.3 is 10.6 Å². The van der Waals surface area contributed by atoms with E-state index in [0.29, 0.717) is 5.41 Å². The predicted molar refractivity (Wildman–Crippen MR) is 69.8 cm³/mol. The maximum absolute atomic E-state index is 12.1. The van der Waals surface area contributed by atoms with Crippen molar-refractivity contribution >= 4 is 5.91 Å². The molecule has 2 N–H and O–H groups in total. The number of carbonyl (C=O) groups is 1. The molecular formula is C14H26N2O. The molecule has 1 aliphatic carbocycles. The molecule has 1 amide bonds. The van der Waals surface area contributed by atoms with Gasteiger partial charge in [-0.25, -0.2) is 0 Å². The number of hydrogen-bond donors (Lipinski definition) is 2. The summed E-state index contributed by atoms with van der Waals surface area (Å²) < 4.78 is 0. The molecule has 2 fully saturated rings. The summed E-state index contributed by atoms with van der Waals surface area (Å²) in [5, 5.41) is 6.50. The smallest absolute Gasteiger partial charge is 0.237 e. The number of rotatable bonds is 5. The molecule has 1 heterocycles. The van der Waals surface area contributed by atoms with Crippen LogP contribution in [-0.2, 0) is 4.79 Å². The van der Waals surface area contributed by atoms with Crippen molar-refractivity contribution in [3.05, 3.63) is 0 Å². The molecule has 2 rings (SSSR count). The lowest BCUT2D eigenvalue weighted by Crippen LogP contribution is -2.49. The Morgan fingerprint density at radius 2 is 2.18 bits per heavy atom. The van der Waals surface area contributed by atoms with E-state index >= 15 is 0 Å². The van der Waals surface area contributed by atoms with Crippen LogP contribution in [0.2, 0.25) is 0 Å². The summed E-state index contributed by atoms with van der Waals surface area (Å²) in [6.07, 6.45) is 7.22. The Labute approximate surface area is 105 Å². The number of piperidine rings is 1. The van der Waals surface area contributed by atoms with E-state index in [4.69, 9.17) is 0 Å². The summed E-state index contributed by atoms with van der Waals surface area (Å²) in [4.78, 5) is 12.1. The lowest BCUT2D eigenvalue weighted by atomic mass is 9.90. The van der Waals surface area contributed by atoms with Crippen molar-refractivity contribution in [2.45, 2.75) is 58.4 Å². The van der Waals surface area contributed by atoms with Crippen LogP contribution in [0.1, 0.15) is 52.4 Å². The third-order valence-electron chi connectivity index (χ3n) is 4.75. The molecule has 0 spiro atoms. The molecule has 3 nitrogen and oxygen atoms in total. The largest absolute Gasteiger partial charge is 0.354 e. The topological polar surface area (TPSA) is 41.1 Å². The van der Waals surface area contributed by atoms with Crippen molar-refractivity contribution in [2.75, 3.05) is 13.1 Å². The van der Waals surface area contributed by atoms with Gasteiger partial charge in [0.25, 0.3) is 0 Å². The molecule has 0 aromatic carbocycles. The van der Waals surface area contributed by atoms with Crippen molar-refractivity contribution in [3.8, 4) is 0 Å². The Morgan fingerprint density at radius 1 is 1.41 bits per heavy atom. The van der Waals surface area contributed by atoms with Gasteiger partial charge in [-0.1, -0.05) is 20.3 Å². The molecule has 2 unspecified atom stereocenters. The van der Waals surface area contributed by atoms with Crippen molar-refractivity contribution in [2.24, 2.45) is 11.3 Å². The average Bonchev–Trinajstić information content (AvgIpc) is 3.17. The summed E-state index contributed by atoms with van der Waals surface area (Å²) in [6.45, 7) is 6.33. The first kappa shape index (κ1) is 12.9. The fourth-order valence-electron chi connectivity index (χ4n) is 2.80. The zero-order valence-corrected chi connectivity index (χ0v) is 11.2. The molecule has 0 aromatic heterocycles. The first-order valence-electron chi connectivity index (χ1n) is 7.20. The van der Waals surface area contributed by atoms with E-state index in [1.807, 2.05) is 0 Å². The van der Waals surface area contributed by atoms with Gasteiger partial charge in [-0.3, -0.25) is 4.79 Å². The second-order valence-corrected chi connectivity index (χ2v) is 5.88. The minimum Gasteiger partial charge on any atom is -0.354 e. The third kappa shape index (κ3) is 3.21. The van der Waals surface area contributed by atoms with Crippen molar-refractivity contribution in [1.82, 2.24) is 10.6 Å².